The Morgan fingerprint density at radius 2 is 2.04 bits per heavy atom. The number of aromatic nitrogens is 3. The fourth-order valence-electron chi connectivity index (χ4n) is 2.09. The van der Waals surface area contributed by atoms with E-state index in [2.05, 4.69) is 20.5 Å². The summed E-state index contributed by atoms with van der Waals surface area (Å²) in [6, 6.07) is 2.14. The van der Waals surface area contributed by atoms with E-state index < -0.39 is 11.7 Å². The van der Waals surface area contributed by atoms with Crippen molar-refractivity contribution in [3.63, 3.8) is 0 Å². The second-order valence-corrected chi connectivity index (χ2v) is 5.60. The van der Waals surface area contributed by atoms with Gasteiger partial charge in [-0.15, -0.1) is 5.10 Å². The molecule has 1 aromatic heterocycles. The molecule has 0 saturated carbocycles. The first-order valence-electron chi connectivity index (χ1n) is 6.75. The van der Waals surface area contributed by atoms with Crippen molar-refractivity contribution in [3.8, 4) is 0 Å². The van der Waals surface area contributed by atoms with Gasteiger partial charge in [-0.25, -0.2) is 9.49 Å². The monoisotopic (exact) mass is 359 g/mol. The number of rotatable bonds is 3. The summed E-state index contributed by atoms with van der Waals surface area (Å²) in [6.07, 6.45) is 0. The lowest BCUT2D eigenvalue weighted by Gasteiger charge is -2.25. The van der Waals surface area contributed by atoms with Gasteiger partial charge in [0.15, 0.2) is 0 Å². The number of ether oxygens (including phenoxy) is 1. The number of morpholine rings is 1. The SMILES string of the molecule is O=C(Nc1nc(N2CCOCC2)n[nH]1)c1cc(F)c(Cl)cc1Cl. The maximum absolute atomic E-state index is 13.5. The maximum Gasteiger partial charge on any atom is 0.259 e. The summed E-state index contributed by atoms with van der Waals surface area (Å²) in [5.74, 6) is -0.747. The van der Waals surface area contributed by atoms with Gasteiger partial charge in [-0.1, -0.05) is 23.2 Å². The molecule has 0 spiro atoms. The lowest BCUT2D eigenvalue weighted by molar-refractivity contribution is 0.102. The molecule has 122 valence electrons. The standard InChI is InChI=1S/C13H12Cl2FN5O2/c14-8-6-9(15)10(16)5-7(8)11(22)17-12-18-13(20-19-12)21-1-3-23-4-2-21/h5-6H,1-4H2,(H2,17,18,19,20,22). The number of benzene rings is 1. The molecule has 7 nitrogen and oxygen atoms in total. The van der Waals surface area contributed by atoms with Gasteiger partial charge in [0.25, 0.3) is 5.91 Å². The van der Waals surface area contributed by atoms with Gasteiger partial charge in [-0.05, 0) is 12.1 Å². The average Bonchev–Trinajstić information content (AvgIpc) is 3.00. The highest BCUT2D eigenvalue weighted by atomic mass is 35.5. The van der Waals surface area contributed by atoms with Crippen LogP contribution in [0.3, 0.4) is 0 Å². The van der Waals surface area contributed by atoms with Crippen molar-refractivity contribution < 1.29 is 13.9 Å². The van der Waals surface area contributed by atoms with Gasteiger partial charge in [-0.2, -0.15) is 4.98 Å². The molecule has 2 heterocycles. The summed E-state index contributed by atoms with van der Waals surface area (Å²) in [5.41, 5.74) is -0.0436. The molecule has 2 N–H and O–H groups in total. The van der Waals surface area contributed by atoms with Crippen LogP contribution in [0.4, 0.5) is 16.3 Å². The van der Waals surface area contributed by atoms with E-state index >= 15 is 0 Å². The van der Waals surface area contributed by atoms with Crippen molar-refractivity contribution in [2.45, 2.75) is 0 Å². The summed E-state index contributed by atoms with van der Waals surface area (Å²) in [5, 5.41) is 9.02. The molecule has 0 unspecified atom stereocenters. The lowest BCUT2D eigenvalue weighted by Crippen LogP contribution is -2.36. The number of nitrogens with one attached hydrogen (secondary N) is 2. The third-order valence-electron chi connectivity index (χ3n) is 3.25. The molecule has 1 saturated heterocycles. The number of halogens is 3. The molecule has 0 atom stereocenters. The van der Waals surface area contributed by atoms with Crippen molar-refractivity contribution in [1.29, 1.82) is 0 Å². The van der Waals surface area contributed by atoms with E-state index in [1.54, 1.807) is 0 Å². The summed E-state index contributed by atoms with van der Waals surface area (Å²) < 4.78 is 18.7. The van der Waals surface area contributed by atoms with Crippen LogP contribution < -0.4 is 10.2 Å². The zero-order valence-electron chi connectivity index (χ0n) is 11.8. The highest BCUT2D eigenvalue weighted by Crippen LogP contribution is 2.25. The molecule has 10 heteroatoms. The molecule has 1 aliphatic rings. The van der Waals surface area contributed by atoms with E-state index in [4.69, 9.17) is 27.9 Å². The van der Waals surface area contributed by atoms with Crippen molar-refractivity contribution >= 4 is 41.0 Å². The first-order valence-corrected chi connectivity index (χ1v) is 7.51. The number of H-pyrrole nitrogens is 1. The highest BCUT2D eigenvalue weighted by molar-refractivity contribution is 6.37. The number of aromatic amines is 1. The number of carbonyl (C=O) groups excluding carboxylic acids is 1. The minimum atomic E-state index is -0.729. The predicted octanol–water partition coefficient (Wildman–Crippen LogP) is 2.34. The summed E-state index contributed by atoms with van der Waals surface area (Å²) >= 11 is 11.5. The van der Waals surface area contributed by atoms with Gasteiger partial charge < -0.3 is 9.64 Å². The van der Waals surface area contributed by atoms with Gasteiger partial charge in [0.2, 0.25) is 11.9 Å². The van der Waals surface area contributed by atoms with Crippen LogP contribution in [-0.2, 0) is 4.74 Å². The summed E-state index contributed by atoms with van der Waals surface area (Å²) in [6.45, 7) is 2.52. The van der Waals surface area contributed by atoms with E-state index in [-0.39, 0.29) is 21.6 Å². The molecule has 1 fully saturated rings. The van der Waals surface area contributed by atoms with Gasteiger partial charge in [0, 0.05) is 13.1 Å². The van der Waals surface area contributed by atoms with Gasteiger partial charge >= 0.3 is 0 Å². The van der Waals surface area contributed by atoms with Crippen LogP contribution >= 0.6 is 23.2 Å². The fraction of sp³-hybridized carbons (Fsp3) is 0.308. The third kappa shape index (κ3) is 3.54. The topological polar surface area (TPSA) is 83.1 Å². The second kappa shape index (κ2) is 6.69. The van der Waals surface area contributed by atoms with E-state index in [0.717, 1.165) is 6.07 Å². The van der Waals surface area contributed by atoms with Gasteiger partial charge in [-0.3, -0.25) is 10.1 Å². The lowest BCUT2D eigenvalue weighted by atomic mass is 10.2. The van der Waals surface area contributed by atoms with Crippen LogP contribution in [-0.4, -0.2) is 47.4 Å². The van der Waals surface area contributed by atoms with Crippen LogP contribution in [0.25, 0.3) is 0 Å². The van der Waals surface area contributed by atoms with Crippen molar-refractivity contribution in [3.05, 3.63) is 33.6 Å². The molecule has 0 radical (unpaired) electrons. The Balaban J connectivity index is 1.73. The molecule has 2 aromatic rings. The Labute approximate surface area is 140 Å². The van der Waals surface area contributed by atoms with E-state index in [1.165, 1.54) is 6.07 Å². The highest BCUT2D eigenvalue weighted by Gasteiger charge is 2.18. The molecular weight excluding hydrogens is 348 g/mol. The molecular formula is C13H12Cl2FN5O2. The van der Waals surface area contributed by atoms with Crippen molar-refractivity contribution in [1.82, 2.24) is 15.2 Å². The Morgan fingerprint density at radius 3 is 2.78 bits per heavy atom. The number of carbonyl (C=O) groups is 1. The quantitative estimate of drug-likeness (QED) is 0.821. The second-order valence-electron chi connectivity index (χ2n) is 4.78. The minimum absolute atomic E-state index is 0.0434. The number of amides is 1. The number of nitrogens with zero attached hydrogens (tertiary/aromatic N) is 3. The zero-order valence-corrected chi connectivity index (χ0v) is 13.3. The molecule has 0 aliphatic carbocycles. The minimum Gasteiger partial charge on any atom is -0.378 e. The average molecular weight is 360 g/mol. The van der Waals surface area contributed by atoms with E-state index in [9.17, 15) is 9.18 Å². The fourth-order valence-corrected chi connectivity index (χ4v) is 2.55. The molecule has 1 aliphatic heterocycles. The number of hydrogen-bond acceptors (Lipinski definition) is 5. The summed E-state index contributed by atoms with van der Waals surface area (Å²) in [4.78, 5) is 18.3. The maximum atomic E-state index is 13.5. The smallest absolute Gasteiger partial charge is 0.259 e. The van der Waals surface area contributed by atoms with Crippen LogP contribution in [0.1, 0.15) is 10.4 Å². The summed E-state index contributed by atoms with van der Waals surface area (Å²) in [7, 11) is 0. The molecule has 0 bridgehead atoms. The first-order chi connectivity index (χ1) is 11.0. The molecule has 1 amide bonds. The Bertz CT molecular complexity index is 733. The normalized spacial score (nSPS) is 14.8. The Hall–Kier alpha value is -1.90. The van der Waals surface area contributed by atoms with Gasteiger partial charge in [0.05, 0.1) is 28.8 Å². The van der Waals surface area contributed by atoms with Crippen LogP contribution in [0.15, 0.2) is 12.1 Å². The Kier molecular flexibility index (Phi) is 4.65. The third-order valence-corrected chi connectivity index (χ3v) is 3.86. The largest absolute Gasteiger partial charge is 0.378 e. The number of hydrogen-bond donors (Lipinski definition) is 2. The Morgan fingerprint density at radius 1 is 1.30 bits per heavy atom. The van der Waals surface area contributed by atoms with Gasteiger partial charge in [0.1, 0.15) is 5.82 Å². The van der Waals surface area contributed by atoms with Crippen molar-refractivity contribution in [2.75, 3.05) is 36.5 Å². The first kappa shape index (κ1) is 16.0. The predicted molar refractivity (Wildman–Crippen MR) is 83.8 cm³/mol. The zero-order chi connectivity index (χ0) is 16.4. The molecule has 23 heavy (non-hydrogen) atoms. The van der Waals surface area contributed by atoms with Crippen LogP contribution in [0.2, 0.25) is 10.0 Å². The van der Waals surface area contributed by atoms with E-state index in [1.807, 2.05) is 4.90 Å². The molecule has 3 rings (SSSR count). The molecule has 1 aromatic carbocycles. The van der Waals surface area contributed by atoms with Crippen molar-refractivity contribution in [2.24, 2.45) is 0 Å². The van der Waals surface area contributed by atoms with Crippen LogP contribution in [0.5, 0.6) is 0 Å². The van der Waals surface area contributed by atoms with Crippen LogP contribution in [0, 0.1) is 5.82 Å². The number of anilines is 2. The van der Waals surface area contributed by atoms with E-state index in [0.29, 0.717) is 32.3 Å².